The Labute approximate surface area is 72.2 Å². The Morgan fingerprint density at radius 3 is 2.25 bits per heavy atom. The molecule has 2 nitrogen and oxygen atoms in total. The lowest BCUT2D eigenvalue weighted by atomic mass is 9.94. The smallest absolute Gasteiger partial charge is 0.251 e. The van der Waals surface area contributed by atoms with Crippen molar-refractivity contribution in [3.63, 3.8) is 0 Å². The average molecular weight is 181 g/mol. The molecule has 0 aromatic heterocycles. The Bertz CT molecular complexity index is 128. The molecule has 0 rings (SSSR count). The van der Waals surface area contributed by atoms with Crippen molar-refractivity contribution in [1.82, 2.24) is 4.90 Å². The van der Waals surface area contributed by atoms with Gasteiger partial charge in [-0.2, -0.15) is 0 Å². The van der Waals surface area contributed by atoms with Gasteiger partial charge < -0.3 is 10.0 Å². The largest absolute Gasteiger partial charge is 0.396 e. The van der Waals surface area contributed by atoms with E-state index in [9.17, 15) is 8.78 Å². The molecule has 1 N–H and O–H groups in total. The first-order chi connectivity index (χ1) is 5.37. The van der Waals surface area contributed by atoms with Crippen LogP contribution in [0.25, 0.3) is 0 Å². The SMILES string of the molecule is CN(CC(F)F)CC(C)(C)CO. The van der Waals surface area contributed by atoms with Crippen molar-refractivity contribution < 1.29 is 13.9 Å². The lowest BCUT2D eigenvalue weighted by Crippen LogP contribution is -2.36. The normalized spacial score (nSPS) is 13.0. The predicted octanol–water partition coefficient (Wildman–Crippen LogP) is 1.20. The minimum absolute atomic E-state index is 0.0145. The van der Waals surface area contributed by atoms with E-state index in [0.29, 0.717) is 6.54 Å². The molecule has 0 bridgehead atoms. The van der Waals surface area contributed by atoms with E-state index >= 15 is 0 Å². The highest BCUT2D eigenvalue weighted by atomic mass is 19.3. The third kappa shape index (κ3) is 5.43. The van der Waals surface area contributed by atoms with Crippen LogP contribution in [0.2, 0.25) is 0 Å². The average Bonchev–Trinajstić information content (AvgIpc) is 1.84. The van der Waals surface area contributed by atoms with Crippen molar-refractivity contribution in [2.24, 2.45) is 5.41 Å². The van der Waals surface area contributed by atoms with E-state index in [1.54, 1.807) is 7.05 Å². The van der Waals surface area contributed by atoms with Gasteiger partial charge >= 0.3 is 0 Å². The molecule has 0 aliphatic rings. The molecule has 12 heavy (non-hydrogen) atoms. The number of hydrogen-bond donors (Lipinski definition) is 1. The third-order valence-electron chi connectivity index (χ3n) is 1.58. The number of alkyl halides is 2. The predicted molar refractivity (Wildman–Crippen MR) is 44.4 cm³/mol. The van der Waals surface area contributed by atoms with Crippen molar-refractivity contribution in [3.05, 3.63) is 0 Å². The topological polar surface area (TPSA) is 23.5 Å². The zero-order chi connectivity index (χ0) is 9.78. The minimum atomic E-state index is -2.30. The van der Waals surface area contributed by atoms with Crippen molar-refractivity contribution in [2.75, 3.05) is 26.7 Å². The van der Waals surface area contributed by atoms with E-state index in [1.807, 2.05) is 13.8 Å². The summed E-state index contributed by atoms with van der Waals surface area (Å²) in [5.41, 5.74) is -0.302. The van der Waals surface area contributed by atoms with Crippen molar-refractivity contribution in [3.8, 4) is 0 Å². The molecule has 0 aromatic carbocycles. The Morgan fingerprint density at radius 2 is 1.92 bits per heavy atom. The fourth-order valence-electron chi connectivity index (χ4n) is 1.08. The van der Waals surface area contributed by atoms with E-state index in [4.69, 9.17) is 5.11 Å². The zero-order valence-electron chi connectivity index (χ0n) is 7.85. The fraction of sp³-hybridized carbons (Fsp3) is 1.00. The van der Waals surface area contributed by atoms with E-state index < -0.39 is 6.43 Å². The van der Waals surface area contributed by atoms with Gasteiger partial charge in [-0.05, 0) is 7.05 Å². The number of hydrogen-bond acceptors (Lipinski definition) is 2. The van der Waals surface area contributed by atoms with Gasteiger partial charge in [0.1, 0.15) is 0 Å². The molecule has 0 fully saturated rings. The molecular weight excluding hydrogens is 164 g/mol. The van der Waals surface area contributed by atoms with Gasteiger partial charge in [-0.1, -0.05) is 13.8 Å². The highest BCUT2D eigenvalue weighted by molar-refractivity contribution is 4.71. The Balaban J connectivity index is 3.75. The van der Waals surface area contributed by atoms with Gasteiger partial charge in [-0.3, -0.25) is 0 Å². The molecule has 74 valence electrons. The first-order valence-corrected chi connectivity index (χ1v) is 3.95. The van der Waals surface area contributed by atoms with Gasteiger partial charge in [-0.25, -0.2) is 8.78 Å². The van der Waals surface area contributed by atoms with E-state index in [0.717, 1.165) is 0 Å². The second kappa shape index (κ2) is 4.72. The first kappa shape index (κ1) is 11.8. The summed E-state index contributed by atoms with van der Waals surface area (Å²) in [6.45, 7) is 3.95. The number of aliphatic hydroxyl groups is 1. The van der Waals surface area contributed by atoms with Crippen LogP contribution in [0.15, 0.2) is 0 Å². The second-order valence-corrected chi connectivity index (χ2v) is 3.91. The highest BCUT2D eigenvalue weighted by Crippen LogP contribution is 2.15. The van der Waals surface area contributed by atoms with Crippen LogP contribution in [0.3, 0.4) is 0 Å². The molecule has 0 aliphatic heterocycles. The highest BCUT2D eigenvalue weighted by Gasteiger charge is 2.20. The quantitative estimate of drug-likeness (QED) is 0.689. The Kier molecular flexibility index (Phi) is 4.63. The van der Waals surface area contributed by atoms with Crippen LogP contribution in [0, 0.1) is 5.41 Å². The number of nitrogens with zero attached hydrogens (tertiary/aromatic N) is 1. The maximum absolute atomic E-state index is 11.9. The summed E-state index contributed by atoms with van der Waals surface area (Å²) in [5.74, 6) is 0. The van der Waals surface area contributed by atoms with Gasteiger partial charge in [0, 0.05) is 18.6 Å². The molecule has 0 aromatic rings. The third-order valence-corrected chi connectivity index (χ3v) is 1.58. The summed E-state index contributed by atoms with van der Waals surface area (Å²) in [7, 11) is 1.63. The molecule has 0 radical (unpaired) electrons. The molecule has 0 amide bonds. The summed E-state index contributed by atoms with van der Waals surface area (Å²) in [6, 6.07) is 0. The van der Waals surface area contributed by atoms with E-state index in [-0.39, 0.29) is 18.6 Å². The summed E-state index contributed by atoms with van der Waals surface area (Å²) in [4.78, 5) is 1.53. The van der Waals surface area contributed by atoms with Crippen LogP contribution in [-0.4, -0.2) is 43.2 Å². The van der Waals surface area contributed by atoms with Gasteiger partial charge in [0.25, 0.3) is 6.43 Å². The Hall–Kier alpha value is -0.220. The standard InChI is InChI=1S/C8H17F2NO/c1-8(2,6-12)5-11(3)4-7(9)10/h7,12H,4-6H2,1-3H3. The van der Waals surface area contributed by atoms with Gasteiger partial charge in [0.15, 0.2) is 0 Å². The molecule has 0 heterocycles. The van der Waals surface area contributed by atoms with Crippen LogP contribution in [0.4, 0.5) is 8.78 Å². The van der Waals surface area contributed by atoms with E-state index in [1.165, 1.54) is 4.90 Å². The molecule has 4 heteroatoms. The van der Waals surface area contributed by atoms with Crippen molar-refractivity contribution >= 4 is 0 Å². The van der Waals surface area contributed by atoms with Crippen molar-refractivity contribution in [2.45, 2.75) is 20.3 Å². The zero-order valence-corrected chi connectivity index (χ0v) is 7.85. The Morgan fingerprint density at radius 1 is 1.42 bits per heavy atom. The number of halogens is 2. The maximum atomic E-state index is 11.9. The van der Waals surface area contributed by atoms with Gasteiger partial charge in [-0.15, -0.1) is 0 Å². The van der Waals surface area contributed by atoms with Gasteiger partial charge in [0.2, 0.25) is 0 Å². The molecule has 0 aliphatic carbocycles. The maximum Gasteiger partial charge on any atom is 0.251 e. The molecule has 0 unspecified atom stereocenters. The number of aliphatic hydroxyl groups excluding tert-OH is 1. The number of rotatable bonds is 5. The van der Waals surface area contributed by atoms with Crippen LogP contribution in [-0.2, 0) is 0 Å². The van der Waals surface area contributed by atoms with Crippen LogP contribution < -0.4 is 0 Å². The molecule has 0 saturated heterocycles. The summed E-state index contributed by atoms with van der Waals surface area (Å²) >= 11 is 0. The summed E-state index contributed by atoms with van der Waals surface area (Å²) in [5, 5.41) is 8.86. The van der Waals surface area contributed by atoms with Gasteiger partial charge in [0.05, 0.1) is 6.54 Å². The van der Waals surface area contributed by atoms with Crippen molar-refractivity contribution in [1.29, 1.82) is 0 Å². The molecule has 0 spiro atoms. The molecule has 0 atom stereocenters. The lowest BCUT2D eigenvalue weighted by Gasteiger charge is -2.27. The summed E-state index contributed by atoms with van der Waals surface area (Å²) in [6.07, 6.45) is -2.30. The van der Waals surface area contributed by atoms with E-state index in [2.05, 4.69) is 0 Å². The molecule has 0 saturated carbocycles. The minimum Gasteiger partial charge on any atom is -0.396 e. The first-order valence-electron chi connectivity index (χ1n) is 3.95. The fourth-order valence-corrected chi connectivity index (χ4v) is 1.08. The van der Waals surface area contributed by atoms with Crippen LogP contribution >= 0.6 is 0 Å². The second-order valence-electron chi connectivity index (χ2n) is 3.91. The van der Waals surface area contributed by atoms with Crippen LogP contribution in [0.1, 0.15) is 13.8 Å². The monoisotopic (exact) mass is 181 g/mol. The lowest BCUT2D eigenvalue weighted by molar-refractivity contribution is 0.0632. The van der Waals surface area contributed by atoms with Crippen LogP contribution in [0.5, 0.6) is 0 Å². The summed E-state index contributed by atoms with van der Waals surface area (Å²) < 4.78 is 23.7. The molecular formula is C8H17F2NO.